The molecule has 0 aliphatic carbocycles. The summed E-state index contributed by atoms with van der Waals surface area (Å²) in [7, 11) is -4.89. The molecule has 0 aliphatic rings. The summed E-state index contributed by atoms with van der Waals surface area (Å²) in [5.74, 6) is -5.13. The van der Waals surface area contributed by atoms with E-state index in [-0.39, 0.29) is 0 Å². The second kappa shape index (κ2) is 4.40. The first kappa shape index (κ1) is 14.2. The number of carboxylic acids is 1. The van der Waals surface area contributed by atoms with Crippen molar-refractivity contribution in [3.63, 3.8) is 0 Å². The first-order chi connectivity index (χ1) is 6.48. The molecule has 0 aromatic rings. The van der Waals surface area contributed by atoms with E-state index in [2.05, 4.69) is 0 Å². The Labute approximate surface area is 86.5 Å². The van der Waals surface area contributed by atoms with Crippen molar-refractivity contribution < 1.29 is 27.1 Å². The molecule has 5 nitrogen and oxygen atoms in total. The lowest BCUT2D eigenvalue weighted by molar-refractivity contribution is -0.141. The highest BCUT2D eigenvalue weighted by atomic mass is 32.2. The summed E-state index contributed by atoms with van der Waals surface area (Å²) < 4.78 is 47.0. The largest absolute Gasteiger partial charge is 0.480 e. The van der Waals surface area contributed by atoms with Gasteiger partial charge in [0.15, 0.2) is 0 Å². The number of carbonyl (C=O) groups is 1. The fourth-order valence-corrected chi connectivity index (χ4v) is 1.70. The molecule has 0 saturated carbocycles. The summed E-state index contributed by atoms with van der Waals surface area (Å²) in [5, 5.41) is 8.68. The molecule has 0 heterocycles. The standard InChI is InChI=1S/C7H13F2NO4S/c1-7(2,3)4(5(11)12)10-15(13,14)6(8)9/h4,6,10H,1-3H3,(H,11,12)/t4-/m1/s1. The maximum Gasteiger partial charge on any atom is 0.350 e. The molecule has 0 spiro atoms. The van der Waals surface area contributed by atoms with Crippen molar-refractivity contribution in [2.75, 3.05) is 0 Å². The van der Waals surface area contributed by atoms with Crippen molar-refractivity contribution in [1.29, 1.82) is 0 Å². The fraction of sp³-hybridized carbons (Fsp3) is 0.857. The molecule has 0 bridgehead atoms. The van der Waals surface area contributed by atoms with Crippen molar-refractivity contribution in [1.82, 2.24) is 4.72 Å². The fourth-order valence-electron chi connectivity index (χ4n) is 0.813. The summed E-state index contributed by atoms with van der Waals surface area (Å²) in [5.41, 5.74) is -0.992. The zero-order chi connectivity index (χ0) is 12.4. The molecular formula is C7H13F2NO4S. The Morgan fingerprint density at radius 2 is 1.73 bits per heavy atom. The molecule has 0 aromatic heterocycles. The number of aliphatic carboxylic acids is 1. The van der Waals surface area contributed by atoms with Crippen molar-refractivity contribution in [3.05, 3.63) is 0 Å². The molecule has 0 aliphatic heterocycles. The monoisotopic (exact) mass is 245 g/mol. The first-order valence-corrected chi connectivity index (χ1v) is 5.55. The van der Waals surface area contributed by atoms with Crippen LogP contribution in [0.3, 0.4) is 0 Å². The Hall–Kier alpha value is -0.760. The Bertz CT molecular complexity index is 333. The number of alkyl halides is 2. The molecule has 0 saturated heterocycles. The van der Waals surface area contributed by atoms with E-state index in [9.17, 15) is 22.0 Å². The Kier molecular flexibility index (Phi) is 4.17. The number of nitrogens with one attached hydrogen (secondary N) is 1. The van der Waals surface area contributed by atoms with E-state index < -0.39 is 33.2 Å². The molecule has 0 radical (unpaired) electrons. The van der Waals surface area contributed by atoms with Gasteiger partial charge in [0, 0.05) is 0 Å². The highest BCUT2D eigenvalue weighted by Gasteiger charge is 2.37. The third-order valence-electron chi connectivity index (χ3n) is 1.63. The van der Waals surface area contributed by atoms with E-state index in [0.717, 1.165) is 0 Å². The normalized spacial score (nSPS) is 15.3. The van der Waals surface area contributed by atoms with Crippen LogP contribution in [0, 0.1) is 5.41 Å². The Balaban J connectivity index is 4.97. The Morgan fingerprint density at radius 3 is 1.93 bits per heavy atom. The topological polar surface area (TPSA) is 83.5 Å². The van der Waals surface area contributed by atoms with Gasteiger partial charge in [-0.25, -0.2) is 8.42 Å². The van der Waals surface area contributed by atoms with E-state index in [1.54, 1.807) is 0 Å². The van der Waals surface area contributed by atoms with Crippen LogP contribution >= 0.6 is 0 Å². The zero-order valence-corrected chi connectivity index (χ0v) is 9.31. The molecule has 90 valence electrons. The van der Waals surface area contributed by atoms with E-state index in [1.165, 1.54) is 25.5 Å². The van der Waals surface area contributed by atoms with Gasteiger partial charge in [0.2, 0.25) is 0 Å². The average Bonchev–Trinajstić information content (AvgIpc) is 1.97. The Morgan fingerprint density at radius 1 is 1.33 bits per heavy atom. The summed E-state index contributed by atoms with van der Waals surface area (Å²) >= 11 is 0. The summed E-state index contributed by atoms with van der Waals surface area (Å²) in [6.07, 6.45) is 0. The van der Waals surface area contributed by atoms with Crippen molar-refractivity contribution in [2.24, 2.45) is 5.41 Å². The number of halogens is 2. The SMILES string of the molecule is CC(C)(C)[C@H](NS(=O)(=O)C(F)F)C(=O)O. The third-order valence-corrected chi connectivity index (χ3v) is 2.66. The summed E-state index contributed by atoms with van der Waals surface area (Å²) in [4.78, 5) is 10.7. The molecule has 0 amide bonds. The van der Waals surface area contributed by atoms with Gasteiger partial charge < -0.3 is 5.11 Å². The van der Waals surface area contributed by atoms with Gasteiger partial charge in [-0.2, -0.15) is 13.5 Å². The average molecular weight is 245 g/mol. The first-order valence-electron chi connectivity index (χ1n) is 4.00. The van der Waals surface area contributed by atoms with E-state index in [1.807, 2.05) is 0 Å². The van der Waals surface area contributed by atoms with Gasteiger partial charge in [-0.15, -0.1) is 0 Å². The minimum atomic E-state index is -4.89. The molecular weight excluding hydrogens is 232 g/mol. The summed E-state index contributed by atoms with van der Waals surface area (Å²) in [6.45, 7) is 4.29. The lowest BCUT2D eigenvalue weighted by Crippen LogP contribution is -2.50. The molecule has 15 heavy (non-hydrogen) atoms. The number of hydrogen-bond acceptors (Lipinski definition) is 3. The van der Waals surface area contributed by atoms with Crippen LogP contribution < -0.4 is 4.72 Å². The van der Waals surface area contributed by atoms with Crippen LogP contribution in [0.2, 0.25) is 0 Å². The van der Waals surface area contributed by atoms with Gasteiger partial charge in [-0.1, -0.05) is 20.8 Å². The minimum absolute atomic E-state index is 0.992. The smallest absolute Gasteiger partial charge is 0.350 e. The van der Waals surface area contributed by atoms with E-state index in [0.29, 0.717) is 0 Å². The van der Waals surface area contributed by atoms with E-state index >= 15 is 0 Å². The predicted molar refractivity (Wildman–Crippen MR) is 48.9 cm³/mol. The van der Waals surface area contributed by atoms with Crippen LogP contribution in [0.15, 0.2) is 0 Å². The maximum absolute atomic E-state index is 12.0. The molecule has 0 fully saturated rings. The minimum Gasteiger partial charge on any atom is -0.480 e. The maximum atomic E-state index is 12.0. The van der Waals surface area contributed by atoms with Crippen LogP contribution in [0.5, 0.6) is 0 Å². The third kappa shape index (κ3) is 4.08. The van der Waals surface area contributed by atoms with Crippen molar-refractivity contribution >= 4 is 16.0 Å². The van der Waals surface area contributed by atoms with Gasteiger partial charge in [0.1, 0.15) is 6.04 Å². The highest BCUT2D eigenvalue weighted by Crippen LogP contribution is 2.21. The van der Waals surface area contributed by atoms with Gasteiger partial charge in [-0.3, -0.25) is 4.79 Å². The quantitative estimate of drug-likeness (QED) is 0.760. The second-order valence-corrected chi connectivity index (χ2v) is 5.74. The summed E-state index contributed by atoms with van der Waals surface area (Å²) in [6, 6.07) is -1.59. The van der Waals surface area contributed by atoms with Crippen LogP contribution in [-0.2, 0) is 14.8 Å². The number of rotatable bonds is 4. The molecule has 1 atom stereocenters. The van der Waals surface area contributed by atoms with Crippen molar-refractivity contribution in [2.45, 2.75) is 32.6 Å². The number of hydrogen-bond donors (Lipinski definition) is 2. The lowest BCUT2D eigenvalue weighted by Gasteiger charge is -2.27. The van der Waals surface area contributed by atoms with Crippen molar-refractivity contribution in [3.8, 4) is 0 Å². The molecule has 8 heteroatoms. The van der Waals surface area contributed by atoms with Crippen LogP contribution in [0.1, 0.15) is 20.8 Å². The second-order valence-electron chi connectivity index (χ2n) is 4.06. The molecule has 0 rings (SSSR count). The van der Waals surface area contributed by atoms with Gasteiger partial charge >= 0.3 is 11.7 Å². The number of sulfonamides is 1. The van der Waals surface area contributed by atoms with Crippen LogP contribution in [0.25, 0.3) is 0 Å². The highest BCUT2D eigenvalue weighted by molar-refractivity contribution is 7.89. The predicted octanol–water partition coefficient (Wildman–Crippen LogP) is 0.628. The van der Waals surface area contributed by atoms with Gasteiger partial charge in [-0.05, 0) is 5.41 Å². The molecule has 0 unspecified atom stereocenters. The van der Waals surface area contributed by atoms with Gasteiger partial charge in [0.25, 0.3) is 10.0 Å². The van der Waals surface area contributed by atoms with Gasteiger partial charge in [0.05, 0.1) is 0 Å². The molecule has 0 aromatic carbocycles. The van der Waals surface area contributed by atoms with Crippen LogP contribution in [-0.4, -0.2) is 31.3 Å². The van der Waals surface area contributed by atoms with Crippen LogP contribution in [0.4, 0.5) is 8.78 Å². The zero-order valence-electron chi connectivity index (χ0n) is 8.49. The van der Waals surface area contributed by atoms with E-state index in [4.69, 9.17) is 5.11 Å². The molecule has 2 N–H and O–H groups in total. The number of carboxylic acid groups (broad SMARTS) is 1. The lowest BCUT2D eigenvalue weighted by atomic mass is 9.88.